The van der Waals surface area contributed by atoms with Crippen molar-refractivity contribution in [3.05, 3.63) is 35.4 Å². The van der Waals surface area contributed by atoms with E-state index in [1.54, 1.807) is 0 Å². The molecule has 0 saturated carbocycles. The maximum atomic E-state index is 12.0. The first-order chi connectivity index (χ1) is 10.0. The fourth-order valence-corrected chi connectivity index (χ4v) is 3.37. The van der Waals surface area contributed by atoms with Crippen LogP contribution in [-0.4, -0.2) is 37.0 Å². The van der Waals surface area contributed by atoms with Crippen LogP contribution in [-0.2, 0) is 0 Å². The molecule has 1 aromatic carbocycles. The lowest BCUT2D eigenvalue weighted by atomic mass is 9.92. The molecule has 1 aliphatic heterocycles. The number of rotatable bonds is 5. The molecule has 1 N–H and O–H groups in total. The van der Waals surface area contributed by atoms with Gasteiger partial charge in [-0.3, -0.25) is 4.79 Å². The highest BCUT2D eigenvalue weighted by Gasteiger charge is 2.21. The lowest BCUT2D eigenvalue weighted by Crippen LogP contribution is -2.40. The Morgan fingerprint density at radius 2 is 2.00 bits per heavy atom. The summed E-state index contributed by atoms with van der Waals surface area (Å²) in [4.78, 5) is 14.6. The van der Waals surface area contributed by atoms with Crippen LogP contribution >= 0.6 is 0 Å². The molecular weight excluding hydrogens is 260 g/mol. The van der Waals surface area contributed by atoms with Crippen molar-refractivity contribution < 1.29 is 4.79 Å². The van der Waals surface area contributed by atoms with Gasteiger partial charge in [-0.05, 0) is 50.3 Å². The average Bonchev–Trinajstić information content (AvgIpc) is 2.42. The first-order valence-corrected chi connectivity index (χ1v) is 8.12. The summed E-state index contributed by atoms with van der Waals surface area (Å²) < 4.78 is 0. The van der Waals surface area contributed by atoms with Crippen molar-refractivity contribution >= 4 is 5.91 Å². The van der Waals surface area contributed by atoms with Crippen LogP contribution in [0.2, 0.25) is 0 Å². The van der Waals surface area contributed by atoms with Crippen molar-refractivity contribution in [2.24, 2.45) is 11.8 Å². The van der Waals surface area contributed by atoms with Crippen LogP contribution in [0.1, 0.15) is 42.6 Å². The van der Waals surface area contributed by atoms with Gasteiger partial charge in [0.1, 0.15) is 0 Å². The van der Waals surface area contributed by atoms with Crippen molar-refractivity contribution in [2.45, 2.75) is 33.6 Å². The van der Waals surface area contributed by atoms with E-state index in [1.165, 1.54) is 19.5 Å². The maximum absolute atomic E-state index is 12.0. The molecule has 21 heavy (non-hydrogen) atoms. The van der Waals surface area contributed by atoms with Gasteiger partial charge in [0, 0.05) is 25.2 Å². The van der Waals surface area contributed by atoms with E-state index in [9.17, 15) is 4.79 Å². The van der Waals surface area contributed by atoms with E-state index in [0.29, 0.717) is 0 Å². The first kappa shape index (κ1) is 16.0. The summed E-state index contributed by atoms with van der Waals surface area (Å²) in [6.07, 6.45) is 2.37. The molecule has 2 unspecified atom stereocenters. The molecule has 2 rings (SSSR count). The highest BCUT2D eigenvalue weighted by Crippen LogP contribution is 2.20. The van der Waals surface area contributed by atoms with Gasteiger partial charge in [0.15, 0.2) is 0 Å². The Bertz CT molecular complexity index is 462. The van der Waals surface area contributed by atoms with Crippen LogP contribution in [0.4, 0.5) is 0 Å². The van der Waals surface area contributed by atoms with Crippen LogP contribution < -0.4 is 5.32 Å². The van der Waals surface area contributed by atoms with Gasteiger partial charge < -0.3 is 10.2 Å². The predicted octanol–water partition coefficient (Wildman–Crippen LogP) is 3.09. The summed E-state index contributed by atoms with van der Waals surface area (Å²) in [5.74, 6) is 1.64. The number of hydrogen-bond donors (Lipinski definition) is 1. The second-order valence-electron chi connectivity index (χ2n) is 6.68. The molecule has 1 aromatic rings. The number of carbonyl (C=O) groups is 1. The molecule has 116 valence electrons. The van der Waals surface area contributed by atoms with Crippen molar-refractivity contribution in [3.63, 3.8) is 0 Å². The van der Waals surface area contributed by atoms with E-state index < -0.39 is 0 Å². The number of nitrogens with one attached hydrogen (secondary N) is 1. The normalized spacial score (nSPS) is 23.0. The second-order valence-corrected chi connectivity index (χ2v) is 6.68. The Kier molecular flexibility index (Phi) is 5.80. The van der Waals surface area contributed by atoms with Crippen molar-refractivity contribution in [2.75, 3.05) is 26.2 Å². The van der Waals surface area contributed by atoms with Crippen LogP contribution in [0.3, 0.4) is 0 Å². The predicted molar refractivity (Wildman–Crippen MR) is 87.5 cm³/mol. The summed E-state index contributed by atoms with van der Waals surface area (Å²) in [6.45, 7) is 10.9. The second kappa shape index (κ2) is 7.60. The van der Waals surface area contributed by atoms with Crippen molar-refractivity contribution in [1.29, 1.82) is 0 Å². The lowest BCUT2D eigenvalue weighted by Gasteiger charge is -2.34. The highest BCUT2D eigenvalue weighted by atomic mass is 16.1. The third kappa shape index (κ3) is 5.16. The van der Waals surface area contributed by atoms with E-state index in [2.05, 4.69) is 24.1 Å². The Morgan fingerprint density at radius 3 is 2.67 bits per heavy atom. The van der Waals surface area contributed by atoms with Crippen LogP contribution in [0.25, 0.3) is 0 Å². The molecule has 0 spiro atoms. The Morgan fingerprint density at radius 1 is 1.29 bits per heavy atom. The van der Waals surface area contributed by atoms with Gasteiger partial charge >= 0.3 is 0 Å². The smallest absolute Gasteiger partial charge is 0.251 e. The Hall–Kier alpha value is -1.35. The zero-order chi connectivity index (χ0) is 15.2. The number of amides is 1. The number of aryl methyl sites for hydroxylation is 1. The largest absolute Gasteiger partial charge is 0.352 e. The molecule has 0 radical (unpaired) electrons. The number of piperidine rings is 1. The Balaban J connectivity index is 1.69. The van der Waals surface area contributed by atoms with Gasteiger partial charge in [-0.15, -0.1) is 0 Å². The zero-order valence-corrected chi connectivity index (χ0v) is 13.6. The summed E-state index contributed by atoms with van der Waals surface area (Å²) in [5.41, 5.74) is 1.88. The highest BCUT2D eigenvalue weighted by molar-refractivity contribution is 5.94. The molecule has 1 aliphatic rings. The average molecular weight is 288 g/mol. The van der Waals surface area contributed by atoms with Crippen LogP contribution in [0.15, 0.2) is 24.3 Å². The molecule has 2 atom stereocenters. The number of hydrogen-bond acceptors (Lipinski definition) is 2. The van der Waals surface area contributed by atoms with Gasteiger partial charge in [0.2, 0.25) is 0 Å². The van der Waals surface area contributed by atoms with E-state index in [0.717, 1.165) is 42.5 Å². The van der Waals surface area contributed by atoms with Gasteiger partial charge in [-0.1, -0.05) is 31.5 Å². The molecule has 0 aromatic heterocycles. The monoisotopic (exact) mass is 288 g/mol. The van der Waals surface area contributed by atoms with Gasteiger partial charge in [0.05, 0.1) is 0 Å². The SMILES string of the molecule is Cc1cccc(C(=O)NCCCN2CC(C)CC(C)C2)c1. The van der Waals surface area contributed by atoms with Gasteiger partial charge in [-0.25, -0.2) is 0 Å². The number of carbonyl (C=O) groups excluding carboxylic acids is 1. The van der Waals surface area contributed by atoms with E-state index in [1.807, 2.05) is 31.2 Å². The standard InChI is InChI=1S/C18H28N2O/c1-14-6-4-7-17(11-14)18(21)19-8-5-9-20-12-15(2)10-16(3)13-20/h4,6-7,11,15-16H,5,8-10,12-13H2,1-3H3,(H,19,21). The minimum absolute atomic E-state index is 0.0408. The van der Waals surface area contributed by atoms with Gasteiger partial charge in [0.25, 0.3) is 5.91 Å². The summed E-state index contributed by atoms with van der Waals surface area (Å²) in [5, 5.41) is 3.02. The van der Waals surface area contributed by atoms with Crippen molar-refractivity contribution in [3.8, 4) is 0 Å². The fraction of sp³-hybridized carbons (Fsp3) is 0.611. The molecular formula is C18H28N2O. The molecule has 3 nitrogen and oxygen atoms in total. The molecule has 1 amide bonds. The molecule has 1 fully saturated rings. The van der Waals surface area contributed by atoms with Crippen LogP contribution in [0, 0.1) is 18.8 Å². The summed E-state index contributed by atoms with van der Waals surface area (Å²) in [7, 11) is 0. The van der Waals surface area contributed by atoms with E-state index in [4.69, 9.17) is 0 Å². The number of likely N-dealkylation sites (tertiary alicyclic amines) is 1. The molecule has 1 saturated heterocycles. The molecule has 0 bridgehead atoms. The minimum Gasteiger partial charge on any atom is -0.352 e. The number of nitrogens with zero attached hydrogens (tertiary/aromatic N) is 1. The summed E-state index contributed by atoms with van der Waals surface area (Å²) in [6, 6.07) is 7.75. The third-order valence-electron chi connectivity index (χ3n) is 4.16. The molecule has 0 aliphatic carbocycles. The first-order valence-electron chi connectivity index (χ1n) is 8.12. The zero-order valence-electron chi connectivity index (χ0n) is 13.6. The van der Waals surface area contributed by atoms with Crippen molar-refractivity contribution in [1.82, 2.24) is 10.2 Å². The van der Waals surface area contributed by atoms with E-state index in [-0.39, 0.29) is 5.91 Å². The summed E-state index contributed by atoms with van der Waals surface area (Å²) >= 11 is 0. The molecule has 3 heteroatoms. The topological polar surface area (TPSA) is 32.3 Å². The molecule has 1 heterocycles. The fourth-order valence-electron chi connectivity index (χ4n) is 3.37. The van der Waals surface area contributed by atoms with Crippen LogP contribution in [0.5, 0.6) is 0 Å². The maximum Gasteiger partial charge on any atom is 0.251 e. The quantitative estimate of drug-likeness (QED) is 0.844. The van der Waals surface area contributed by atoms with Gasteiger partial charge in [-0.2, -0.15) is 0 Å². The minimum atomic E-state index is 0.0408. The van der Waals surface area contributed by atoms with E-state index >= 15 is 0 Å². The number of benzene rings is 1. The lowest BCUT2D eigenvalue weighted by molar-refractivity contribution is 0.0947. The third-order valence-corrected chi connectivity index (χ3v) is 4.16. The Labute approximate surface area is 128 Å².